The van der Waals surface area contributed by atoms with Crippen molar-refractivity contribution in [3.63, 3.8) is 0 Å². The quantitative estimate of drug-likeness (QED) is 0.123. The summed E-state index contributed by atoms with van der Waals surface area (Å²) in [6.45, 7) is 3.40. The van der Waals surface area contributed by atoms with Crippen LogP contribution in [0.3, 0.4) is 0 Å². The Bertz CT molecular complexity index is 1310. The molecule has 0 aliphatic carbocycles. The van der Waals surface area contributed by atoms with E-state index in [1.165, 1.54) is 18.4 Å². The highest BCUT2D eigenvalue weighted by molar-refractivity contribution is 7.13. The van der Waals surface area contributed by atoms with Crippen molar-refractivity contribution in [1.29, 1.82) is 0 Å². The van der Waals surface area contributed by atoms with Crippen LogP contribution >= 0.6 is 11.3 Å². The van der Waals surface area contributed by atoms with E-state index in [0.717, 1.165) is 53.1 Å². The van der Waals surface area contributed by atoms with Crippen molar-refractivity contribution >= 4 is 28.9 Å². The van der Waals surface area contributed by atoms with Gasteiger partial charge in [-0.15, -0.1) is 11.3 Å². The van der Waals surface area contributed by atoms with Crippen LogP contribution in [0.5, 0.6) is 5.75 Å². The Morgan fingerprint density at radius 2 is 1.78 bits per heavy atom. The Kier molecular flexibility index (Phi) is 9.72. The molecular weight excluding hydrogens is 542 g/mol. The molecule has 0 N–H and O–H groups in total. The average molecular weight is 580 g/mol. The molecule has 1 amide bonds. The molecule has 5 rings (SSSR count). The molecule has 2 aliphatic rings. The van der Waals surface area contributed by atoms with Gasteiger partial charge in [0.15, 0.2) is 6.10 Å². The molecule has 2 aliphatic heterocycles. The first-order valence-corrected chi connectivity index (χ1v) is 14.9. The second-order valence-electron chi connectivity index (χ2n) is 10.3. The lowest BCUT2D eigenvalue weighted by Gasteiger charge is -2.27. The third-order valence-corrected chi connectivity index (χ3v) is 8.56. The Morgan fingerprint density at radius 1 is 1.00 bits per heavy atom. The molecule has 1 aromatic heterocycles. The van der Waals surface area contributed by atoms with Crippen molar-refractivity contribution in [2.45, 2.75) is 70.2 Å². The third-order valence-electron chi connectivity index (χ3n) is 7.52. The van der Waals surface area contributed by atoms with Gasteiger partial charge in [-0.2, -0.15) is 0 Å². The molecule has 1 unspecified atom stereocenters. The number of thiophene rings is 1. The molecule has 2 aromatic carbocycles. The van der Waals surface area contributed by atoms with Gasteiger partial charge < -0.3 is 28.6 Å². The monoisotopic (exact) mass is 579 g/mol. The number of amides is 1. The van der Waals surface area contributed by atoms with Crippen LogP contribution < -0.4 is 9.64 Å². The zero-order valence-electron chi connectivity index (χ0n) is 23.7. The standard InChI is InChI=1S/C32H37NO7S/c1-4-5-6-7-27(39-18-21-8-14-24(36-2)15-9-21)22-10-12-23(13-11-22)33-26(29-30(40-29)31(33)34)20-38-19-25-16-17-28(41-25)32(35)37-3/h8-17,26-27,29-30H,4-7,18-20H2,1-3H3/t26-,27?,29-,30-/m0/s1. The lowest BCUT2D eigenvalue weighted by molar-refractivity contribution is -0.120. The highest BCUT2D eigenvalue weighted by Crippen LogP contribution is 2.41. The number of epoxide rings is 1. The number of rotatable bonds is 15. The number of ether oxygens (including phenoxy) is 5. The van der Waals surface area contributed by atoms with Crippen molar-refractivity contribution in [1.82, 2.24) is 0 Å². The maximum Gasteiger partial charge on any atom is 0.348 e. The van der Waals surface area contributed by atoms with Gasteiger partial charge in [0.2, 0.25) is 0 Å². The van der Waals surface area contributed by atoms with E-state index in [9.17, 15) is 9.59 Å². The summed E-state index contributed by atoms with van der Waals surface area (Å²) in [6.07, 6.45) is 3.72. The van der Waals surface area contributed by atoms with E-state index in [1.54, 1.807) is 18.1 Å². The maximum atomic E-state index is 13.1. The van der Waals surface area contributed by atoms with Crippen LogP contribution in [0.15, 0.2) is 60.7 Å². The SMILES string of the molecule is CCCCCC(OCc1ccc(OC)cc1)c1ccc(N2C(=O)[C@H]3O[C@H]3[C@@H]2COCc2ccc(C(=O)OC)s2)cc1. The molecule has 41 heavy (non-hydrogen) atoms. The van der Waals surface area contributed by atoms with Crippen molar-refractivity contribution in [3.8, 4) is 5.75 Å². The number of nitrogens with zero attached hydrogens (tertiary/aromatic N) is 1. The summed E-state index contributed by atoms with van der Waals surface area (Å²) < 4.78 is 28.1. The fourth-order valence-electron chi connectivity index (χ4n) is 5.19. The van der Waals surface area contributed by atoms with Crippen LogP contribution in [0.4, 0.5) is 5.69 Å². The molecule has 0 saturated carbocycles. The number of morpholine rings is 1. The predicted molar refractivity (Wildman–Crippen MR) is 156 cm³/mol. The first-order chi connectivity index (χ1) is 20.0. The van der Waals surface area contributed by atoms with Crippen LogP contribution in [0.2, 0.25) is 0 Å². The molecule has 4 atom stereocenters. The molecular formula is C32H37NO7S. The number of benzene rings is 2. The first kappa shape index (κ1) is 29.3. The number of carbonyl (C=O) groups excluding carboxylic acids is 2. The van der Waals surface area contributed by atoms with Crippen LogP contribution in [-0.4, -0.2) is 51.0 Å². The molecule has 8 nitrogen and oxygen atoms in total. The minimum Gasteiger partial charge on any atom is -0.497 e. The molecule has 9 heteroatoms. The Morgan fingerprint density at radius 3 is 2.49 bits per heavy atom. The Labute approximate surface area is 245 Å². The smallest absolute Gasteiger partial charge is 0.348 e. The van der Waals surface area contributed by atoms with Crippen LogP contribution in [0.1, 0.15) is 64.4 Å². The minimum absolute atomic E-state index is 0.0318. The fourth-order valence-corrected chi connectivity index (χ4v) is 6.05. The van der Waals surface area contributed by atoms with E-state index in [1.807, 2.05) is 42.5 Å². The second kappa shape index (κ2) is 13.6. The van der Waals surface area contributed by atoms with Crippen LogP contribution in [-0.2, 0) is 37.0 Å². The highest BCUT2D eigenvalue weighted by Gasteiger charge is 2.61. The molecule has 3 aromatic rings. The molecule has 0 bridgehead atoms. The summed E-state index contributed by atoms with van der Waals surface area (Å²) in [5.41, 5.74) is 3.02. The average Bonchev–Trinajstić information content (AvgIpc) is 3.58. The van der Waals surface area contributed by atoms with Gasteiger partial charge in [0.1, 0.15) is 16.7 Å². The van der Waals surface area contributed by atoms with Gasteiger partial charge in [-0.05, 0) is 53.9 Å². The zero-order valence-corrected chi connectivity index (χ0v) is 24.6. The molecule has 0 radical (unpaired) electrons. The maximum absolute atomic E-state index is 13.1. The van der Waals surface area contributed by atoms with Crippen molar-refractivity contribution in [3.05, 3.63) is 81.5 Å². The van der Waals surface area contributed by atoms with Crippen LogP contribution in [0.25, 0.3) is 0 Å². The highest BCUT2D eigenvalue weighted by atomic mass is 32.1. The summed E-state index contributed by atoms with van der Waals surface area (Å²) in [6, 6.07) is 19.5. The first-order valence-electron chi connectivity index (χ1n) is 14.1. The van der Waals surface area contributed by atoms with E-state index in [0.29, 0.717) is 24.7 Å². The van der Waals surface area contributed by atoms with E-state index < -0.39 is 6.10 Å². The van der Waals surface area contributed by atoms with Gasteiger partial charge in [-0.3, -0.25) is 4.79 Å². The number of anilines is 1. The van der Waals surface area contributed by atoms with E-state index in [4.69, 9.17) is 23.7 Å². The lowest BCUT2D eigenvalue weighted by Crippen LogP contribution is -2.41. The number of esters is 1. The number of unbranched alkanes of at least 4 members (excludes halogenated alkanes) is 2. The summed E-state index contributed by atoms with van der Waals surface area (Å²) >= 11 is 1.34. The number of hydrogen-bond donors (Lipinski definition) is 0. The number of hydrogen-bond acceptors (Lipinski definition) is 8. The molecule has 0 spiro atoms. The molecule has 3 heterocycles. The van der Waals surface area contributed by atoms with Crippen molar-refractivity contribution in [2.24, 2.45) is 0 Å². The van der Waals surface area contributed by atoms with Gasteiger partial charge in [0.25, 0.3) is 5.91 Å². The Hall–Kier alpha value is -3.24. The fraction of sp³-hybridized carbons (Fsp3) is 0.438. The molecule has 218 valence electrons. The largest absolute Gasteiger partial charge is 0.497 e. The Balaban J connectivity index is 1.22. The van der Waals surface area contributed by atoms with E-state index in [2.05, 4.69) is 19.1 Å². The normalized spacial score (nSPS) is 20.1. The summed E-state index contributed by atoms with van der Waals surface area (Å²) in [5.74, 6) is 0.437. The molecule has 2 saturated heterocycles. The topological polar surface area (TPSA) is 86.8 Å². The zero-order chi connectivity index (χ0) is 28.8. The van der Waals surface area contributed by atoms with Gasteiger partial charge in [-0.25, -0.2) is 4.79 Å². The van der Waals surface area contributed by atoms with Crippen LogP contribution in [0, 0.1) is 0 Å². The van der Waals surface area contributed by atoms with Gasteiger partial charge >= 0.3 is 5.97 Å². The van der Waals surface area contributed by atoms with Gasteiger partial charge in [0.05, 0.1) is 46.2 Å². The number of methoxy groups -OCH3 is 2. The van der Waals surface area contributed by atoms with Crippen molar-refractivity contribution < 1.29 is 33.3 Å². The second-order valence-corrected chi connectivity index (χ2v) is 11.5. The van der Waals surface area contributed by atoms with Gasteiger partial charge in [0, 0.05) is 10.6 Å². The summed E-state index contributed by atoms with van der Waals surface area (Å²) in [7, 11) is 3.03. The summed E-state index contributed by atoms with van der Waals surface area (Å²) in [5, 5.41) is 0. The van der Waals surface area contributed by atoms with E-state index >= 15 is 0 Å². The number of carbonyl (C=O) groups is 2. The summed E-state index contributed by atoms with van der Waals surface area (Å²) in [4.78, 5) is 28.0. The minimum atomic E-state index is -0.398. The van der Waals surface area contributed by atoms with Crippen molar-refractivity contribution in [2.75, 3.05) is 25.7 Å². The van der Waals surface area contributed by atoms with E-state index in [-0.39, 0.29) is 30.1 Å². The van der Waals surface area contributed by atoms with Gasteiger partial charge in [-0.1, -0.05) is 50.5 Å². The lowest BCUT2D eigenvalue weighted by atomic mass is 10.0. The number of fused-ring (bicyclic) bond motifs is 1. The third kappa shape index (κ3) is 6.98. The molecule has 2 fully saturated rings. The predicted octanol–water partition coefficient (Wildman–Crippen LogP) is 6.08.